The molecule has 10 nitrogen and oxygen atoms in total. The number of carboxylic acids is 1. The summed E-state index contributed by atoms with van der Waals surface area (Å²) in [6, 6.07) is 19.8. The van der Waals surface area contributed by atoms with Gasteiger partial charge in [0.05, 0.1) is 10.6 Å². The number of piperidine rings is 2. The number of aliphatic carboxylic acids is 1. The number of pyridine rings is 1. The van der Waals surface area contributed by atoms with Gasteiger partial charge in [-0.05, 0) is 113 Å². The molecule has 0 saturated carbocycles. The van der Waals surface area contributed by atoms with Crippen LogP contribution in [0.4, 0.5) is 0 Å². The summed E-state index contributed by atoms with van der Waals surface area (Å²) in [5.41, 5.74) is 7.83. The quantitative estimate of drug-likeness (QED) is 0.132. The van der Waals surface area contributed by atoms with Gasteiger partial charge >= 0.3 is 5.97 Å². The third-order valence-electron chi connectivity index (χ3n) is 10.9. The van der Waals surface area contributed by atoms with E-state index in [9.17, 15) is 15.2 Å². The van der Waals surface area contributed by atoms with Crippen LogP contribution in [-0.4, -0.2) is 62.6 Å². The number of rotatable bonds is 12. The van der Waals surface area contributed by atoms with Gasteiger partial charge < -0.3 is 23.9 Å². The van der Waals surface area contributed by atoms with Crippen molar-refractivity contribution in [2.24, 2.45) is 0 Å². The second-order valence-electron chi connectivity index (χ2n) is 14.7. The molecule has 0 bridgehead atoms. The molecule has 7 rings (SSSR count). The lowest BCUT2D eigenvalue weighted by Crippen LogP contribution is -2.44. The lowest BCUT2D eigenvalue weighted by atomic mass is 9.96. The number of fused-ring (bicyclic) bond motifs is 1. The zero-order valence-corrected chi connectivity index (χ0v) is 31.8. The molecule has 54 heavy (non-hydrogen) atoms. The van der Waals surface area contributed by atoms with Gasteiger partial charge in [0.15, 0.2) is 11.5 Å². The number of halogens is 1. The monoisotopic (exact) mass is 747 g/mol. The van der Waals surface area contributed by atoms with Crippen molar-refractivity contribution in [3.05, 3.63) is 106 Å². The zero-order chi connectivity index (χ0) is 37.8. The summed E-state index contributed by atoms with van der Waals surface area (Å²) in [6.45, 7) is 10.2. The van der Waals surface area contributed by atoms with Gasteiger partial charge in [0.1, 0.15) is 42.3 Å². The van der Waals surface area contributed by atoms with Crippen molar-refractivity contribution >= 4 is 28.7 Å². The third kappa shape index (κ3) is 8.39. The minimum atomic E-state index is -0.830. The fourth-order valence-corrected chi connectivity index (χ4v) is 7.91. The van der Waals surface area contributed by atoms with E-state index in [4.69, 9.17) is 30.5 Å². The summed E-state index contributed by atoms with van der Waals surface area (Å²) in [4.78, 5) is 25.7. The molecule has 2 aliphatic rings. The molecule has 5 aromatic rings. The van der Waals surface area contributed by atoms with E-state index in [2.05, 4.69) is 54.9 Å². The van der Waals surface area contributed by atoms with Crippen LogP contribution in [0.5, 0.6) is 11.5 Å². The van der Waals surface area contributed by atoms with Crippen molar-refractivity contribution in [1.82, 2.24) is 19.8 Å². The lowest BCUT2D eigenvalue weighted by molar-refractivity contribution is -0.144. The third-order valence-corrected chi connectivity index (χ3v) is 11.2. The molecule has 2 fully saturated rings. The summed E-state index contributed by atoms with van der Waals surface area (Å²) < 4.78 is 19.0. The van der Waals surface area contributed by atoms with Crippen LogP contribution in [0.25, 0.3) is 22.2 Å². The first kappa shape index (κ1) is 37.4. The first-order chi connectivity index (χ1) is 26.2. The molecule has 0 unspecified atom stereocenters. The number of hydrogen-bond acceptors (Lipinski definition) is 9. The highest BCUT2D eigenvalue weighted by Gasteiger charge is 2.30. The van der Waals surface area contributed by atoms with E-state index >= 15 is 0 Å². The Kier molecular flexibility index (Phi) is 11.5. The molecule has 0 spiro atoms. The fraction of sp³-hybridized carbons (Fsp3) is 0.395. The predicted molar refractivity (Wildman–Crippen MR) is 208 cm³/mol. The first-order valence-electron chi connectivity index (χ1n) is 18.8. The number of oxazole rings is 1. The van der Waals surface area contributed by atoms with Crippen LogP contribution in [0.15, 0.2) is 71.4 Å². The van der Waals surface area contributed by atoms with Gasteiger partial charge in [-0.15, -0.1) is 0 Å². The van der Waals surface area contributed by atoms with Gasteiger partial charge in [-0.2, -0.15) is 5.26 Å². The van der Waals surface area contributed by atoms with E-state index in [1.165, 1.54) is 6.20 Å². The summed E-state index contributed by atoms with van der Waals surface area (Å²) in [7, 11) is 0. The average Bonchev–Trinajstić information content (AvgIpc) is 3.61. The Bertz CT molecular complexity index is 2170. The molecule has 4 heterocycles. The number of carboxylic acid groups (broad SMARTS) is 1. The van der Waals surface area contributed by atoms with Crippen molar-refractivity contribution in [3.8, 4) is 28.7 Å². The number of ether oxygens (including phenoxy) is 2. The van der Waals surface area contributed by atoms with Crippen LogP contribution in [-0.2, 0) is 24.6 Å². The van der Waals surface area contributed by atoms with Crippen LogP contribution in [0.1, 0.15) is 85.6 Å². The molecule has 11 heteroatoms. The van der Waals surface area contributed by atoms with Crippen LogP contribution >= 0.6 is 11.6 Å². The molecule has 0 aliphatic carbocycles. The zero-order valence-electron chi connectivity index (χ0n) is 31.1. The maximum absolute atomic E-state index is 12.1. The normalized spacial score (nSPS) is 17.1. The number of carbonyl (C=O) groups is 1. The highest BCUT2D eigenvalue weighted by Crippen LogP contribution is 2.37. The fourth-order valence-electron chi connectivity index (χ4n) is 7.67. The number of benzene rings is 3. The minimum Gasteiger partial charge on any atom is -0.488 e. The van der Waals surface area contributed by atoms with Gasteiger partial charge in [-0.3, -0.25) is 14.7 Å². The van der Waals surface area contributed by atoms with Crippen LogP contribution < -0.4 is 9.47 Å². The molecule has 0 radical (unpaired) electrons. The van der Waals surface area contributed by atoms with Crippen LogP contribution in [0.3, 0.4) is 0 Å². The highest BCUT2D eigenvalue weighted by molar-refractivity contribution is 6.32. The number of aromatic nitrogens is 2. The average molecular weight is 748 g/mol. The number of hydrogen-bond donors (Lipinski definition) is 1. The summed E-state index contributed by atoms with van der Waals surface area (Å²) in [6.07, 6.45) is 7.66. The van der Waals surface area contributed by atoms with E-state index in [1.807, 2.05) is 29.2 Å². The molecular formula is C43H46ClN5O5. The van der Waals surface area contributed by atoms with Gasteiger partial charge in [-0.1, -0.05) is 42.3 Å². The largest absolute Gasteiger partial charge is 0.488 e. The van der Waals surface area contributed by atoms with Crippen LogP contribution in [0, 0.1) is 18.3 Å². The van der Waals surface area contributed by atoms with Gasteiger partial charge in [-0.25, -0.2) is 4.98 Å². The SMILES string of the molecule is Cc1c(COc2cc(OCc3cncc(C#N)c3)c(CN3CCCC[C@H]3C(=O)O)cc2Cl)cccc1-c1ccc2oc(C3CCN(C(C)C)CC3)nc2c1. The van der Waals surface area contributed by atoms with Gasteiger partial charge in [0.25, 0.3) is 0 Å². The van der Waals surface area contributed by atoms with E-state index in [0.29, 0.717) is 53.6 Å². The lowest BCUT2D eigenvalue weighted by Gasteiger charge is -2.33. The molecule has 1 N–H and O–H groups in total. The maximum Gasteiger partial charge on any atom is 0.320 e. The van der Waals surface area contributed by atoms with Gasteiger partial charge in [0, 0.05) is 48.1 Å². The van der Waals surface area contributed by atoms with Crippen molar-refractivity contribution in [3.63, 3.8) is 0 Å². The van der Waals surface area contributed by atoms with E-state index in [-0.39, 0.29) is 13.2 Å². The topological polar surface area (TPSA) is 125 Å². The Morgan fingerprint density at radius 2 is 1.81 bits per heavy atom. The first-order valence-corrected chi connectivity index (χ1v) is 19.2. The van der Waals surface area contributed by atoms with Crippen LogP contribution in [0.2, 0.25) is 5.02 Å². The Labute approximate surface area is 321 Å². The molecule has 1 atom stereocenters. The molecule has 2 saturated heterocycles. The molecule has 3 aromatic carbocycles. The minimum absolute atomic E-state index is 0.162. The standard InChI is InChI=1S/C43H46ClN5O5/c1-27(2)48-15-12-31(13-16-48)42-47-37-19-32(10-11-39(37)54-42)35-8-6-7-33(28(35)3)26-53-41-20-40(52-25-30-17-29(21-45)22-46-23-30)34(18-36(41)44)24-49-14-5-4-9-38(49)43(50)51/h6-8,10-11,17-20,22-23,27,31,38H,4-5,9,12-16,24-26H2,1-3H3,(H,50,51)/t38-/m0/s1. The Hall–Kier alpha value is -4.95. The predicted octanol–water partition coefficient (Wildman–Crippen LogP) is 8.91. The Morgan fingerprint density at radius 3 is 2.59 bits per heavy atom. The number of nitrogens with zero attached hydrogens (tertiary/aromatic N) is 5. The Morgan fingerprint density at radius 1 is 1.00 bits per heavy atom. The van der Waals surface area contributed by atoms with Crippen molar-refractivity contribution in [2.45, 2.75) is 90.6 Å². The number of likely N-dealkylation sites (tertiary alicyclic amines) is 2. The summed E-state index contributed by atoms with van der Waals surface area (Å²) >= 11 is 6.86. The second-order valence-corrected chi connectivity index (χ2v) is 15.1. The van der Waals surface area contributed by atoms with E-state index in [1.54, 1.807) is 18.3 Å². The summed E-state index contributed by atoms with van der Waals surface area (Å²) in [5, 5.41) is 19.7. The van der Waals surface area contributed by atoms with Crippen molar-refractivity contribution in [1.29, 1.82) is 5.26 Å². The maximum atomic E-state index is 12.1. The summed E-state index contributed by atoms with van der Waals surface area (Å²) in [5.74, 6) is 1.32. The Balaban J connectivity index is 1.10. The van der Waals surface area contributed by atoms with E-state index < -0.39 is 12.0 Å². The molecular weight excluding hydrogens is 702 g/mol. The van der Waals surface area contributed by atoms with Gasteiger partial charge in [0.2, 0.25) is 0 Å². The highest BCUT2D eigenvalue weighted by atomic mass is 35.5. The number of nitriles is 1. The molecule has 0 amide bonds. The van der Waals surface area contributed by atoms with Crippen molar-refractivity contribution in [2.75, 3.05) is 19.6 Å². The second kappa shape index (κ2) is 16.6. The van der Waals surface area contributed by atoms with E-state index in [0.717, 1.165) is 89.1 Å². The molecule has 280 valence electrons. The smallest absolute Gasteiger partial charge is 0.320 e. The molecule has 2 aliphatic heterocycles. The molecule has 2 aromatic heterocycles. The van der Waals surface area contributed by atoms with Crippen molar-refractivity contribution < 1.29 is 23.8 Å².